The van der Waals surface area contributed by atoms with Crippen molar-refractivity contribution >= 4 is 33.0 Å². The largest absolute Gasteiger partial charge is 0.322 e. The van der Waals surface area contributed by atoms with Crippen LogP contribution in [0.5, 0.6) is 0 Å². The zero-order valence-corrected chi connectivity index (χ0v) is 17.1. The van der Waals surface area contributed by atoms with Crippen LogP contribution in [0, 0.1) is 24.0 Å². The van der Waals surface area contributed by atoms with Crippen LogP contribution in [0.4, 0.5) is 17.1 Å². The third kappa shape index (κ3) is 4.81. The second kappa shape index (κ2) is 8.34. The van der Waals surface area contributed by atoms with Gasteiger partial charge in [0.25, 0.3) is 21.6 Å². The fourth-order valence-electron chi connectivity index (χ4n) is 2.84. The molecule has 0 saturated heterocycles. The summed E-state index contributed by atoms with van der Waals surface area (Å²) in [6, 6.07) is 16.8. The number of hydrogen-bond donors (Lipinski definition) is 2. The number of benzene rings is 3. The first-order valence-corrected chi connectivity index (χ1v) is 10.4. The smallest absolute Gasteiger partial charge is 0.272 e. The van der Waals surface area contributed by atoms with E-state index in [1.807, 2.05) is 13.0 Å². The average molecular weight is 425 g/mol. The van der Waals surface area contributed by atoms with Crippen molar-refractivity contribution in [3.8, 4) is 0 Å². The van der Waals surface area contributed by atoms with Crippen molar-refractivity contribution in [3.63, 3.8) is 0 Å². The number of aryl methyl sites for hydroxylation is 2. The molecule has 0 aliphatic carbocycles. The molecule has 0 fully saturated rings. The molecule has 0 unspecified atom stereocenters. The number of sulfonamides is 1. The van der Waals surface area contributed by atoms with Gasteiger partial charge in [0.1, 0.15) is 0 Å². The summed E-state index contributed by atoms with van der Waals surface area (Å²) in [6.07, 6.45) is 0. The molecule has 3 rings (SSSR count). The van der Waals surface area contributed by atoms with Crippen molar-refractivity contribution in [3.05, 3.63) is 93.5 Å². The summed E-state index contributed by atoms with van der Waals surface area (Å²) in [6.45, 7) is 3.41. The van der Waals surface area contributed by atoms with Crippen LogP contribution in [-0.4, -0.2) is 19.2 Å². The second-order valence-electron chi connectivity index (χ2n) is 6.71. The van der Waals surface area contributed by atoms with E-state index in [9.17, 15) is 23.3 Å². The summed E-state index contributed by atoms with van der Waals surface area (Å²) < 4.78 is 27.6. The van der Waals surface area contributed by atoms with Gasteiger partial charge in [0, 0.05) is 28.6 Å². The van der Waals surface area contributed by atoms with Crippen LogP contribution in [0.15, 0.2) is 71.6 Å². The van der Waals surface area contributed by atoms with E-state index in [0.717, 1.165) is 5.56 Å². The van der Waals surface area contributed by atoms with Gasteiger partial charge in [0.05, 0.1) is 9.82 Å². The molecular formula is C21H19N3O5S. The standard InChI is InChI=1S/C21H19N3O5S/c1-14-4-3-5-18(12-14)23-30(28,29)19-9-7-17(8-10-19)22-21(25)16-6-11-20(24(26)27)15(2)13-16/h3-13,23H,1-2H3,(H,22,25). The van der Waals surface area contributed by atoms with Gasteiger partial charge in [0.2, 0.25) is 0 Å². The summed E-state index contributed by atoms with van der Waals surface area (Å²) in [7, 11) is -3.77. The fourth-order valence-corrected chi connectivity index (χ4v) is 3.89. The van der Waals surface area contributed by atoms with Crippen LogP contribution in [-0.2, 0) is 10.0 Å². The van der Waals surface area contributed by atoms with Gasteiger partial charge < -0.3 is 5.32 Å². The Morgan fingerprint density at radius 2 is 1.63 bits per heavy atom. The zero-order valence-electron chi connectivity index (χ0n) is 16.2. The van der Waals surface area contributed by atoms with Crippen molar-refractivity contribution in [2.24, 2.45) is 0 Å². The summed E-state index contributed by atoms with van der Waals surface area (Å²) >= 11 is 0. The minimum Gasteiger partial charge on any atom is -0.322 e. The number of carbonyl (C=O) groups is 1. The molecular weight excluding hydrogens is 406 g/mol. The molecule has 3 aromatic rings. The van der Waals surface area contributed by atoms with Crippen LogP contribution in [0.3, 0.4) is 0 Å². The predicted octanol–water partition coefficient (Wildman–Crippen LogP) is 4.26. The molecule has 1 amide bonds. The number of nitrogens with zero attached hydrogens (tertiary/aromatic N) is 1. The van der Waals surface area contributed by atoms with E-state index < -0.39 is 20.9 Å². The van der Waals surface area contributed by atoms with Crippen molar-refractivity contribution in [1.29, 1.82) is 0 Å². The highest BCUT2D eigenvalue weighted by molar-refractivity contribution is 7.92. The highest BCUT2D eigenvalue weighted by Gasteiger charge is 2.16. The summed E-state index contributed by atoms with van der Waals surface area (Å²) in [5, 5.41) is 13.5. The third-order valence-electron chi connectivity index (χ3n) is 4.35. The van der Waals surface area contributed by atoms with Crippen LogP contribution in [0.2, 0.25) is 0 Å². The molecule has 0 aliphatic heterocycles. The third-order valence-corrected chi connectivity index (χ3v) is 5.75. The number of nitro benzene ring substituents is 1. The number of rotatable bonds is 6. The molecule has 3 aromatic carbocycles. The maximum Gasteiger partial charge on any atom is 0.272 e. The predicted molar refractivity (Wildman–Crippen MR) is 114 cm³/mol. The molecule has 2 N–H and O–H groups in total. The van der Waals surface area contributed by atoms with E-state index in [1.54, 1.807) is 25.1 Å². The molecule has 0 spiro atoms. The lowest BCUT2D eigenvalue weighted by atomic mass is 10.1. The Morgan fingerprint density at radius 1 is 0.933 bits per heavy atom. The number of amides is 1. The monoisotopic (exact) mass is 425 g/mol. The Morgan fingerprint density at radius 3 is 2.23 bits per heavy atom. The summed E-state index contributed by atoms with van der Waals surface area (Å²) in [4.78, 5) is 22.8. The quantitative estimate of drug-likeness (QED) is 0.452. The van der Waals surface area contributed by atoms with E-state index in [1.165, 1.54) is 42.5 Å². The van der Waals surface area contributed by atoms with Gasteiger partial charge in [-0.05, 0) is 67.9 Å². The van der Waals surface area contributed by atoms with E-state index >= 15 is 0 Å². The molecule has 0 heterocycles. The number of nitrogens with one attached hydrogen (secondary N) is 2. The van der Waals surface area contributed by atoms with Crippen LogP contribution < -0.4 is 10.0 Å². The Hall–Kier alpha value is -3.72. The van der Waals surface area contributed by atoms with Crippen LogP contribution >= 0.6 is 0 Å². The number of anilines is 2. The van der Waals surface area contributed by atoms with Crippen LogP contribution in [0.1, 0.15) is 21.5 Å². The van der Waals surface area contributed by atoms with Gasteiger partial charge in [-0.2, -0.15) is 0 Å². The molecule has 0 saturated carbocycles. The van der Waals surface area contributed by atoms with Gasteiger partial charge in [-0.3, -0.25) is 19.6 Å². The zero-order chi connectivity index (χ0) is 21.9. The Kier molecular flexibility index (Phi) is 5.84. The highest BCUT2D eigenvalue weighted by atomic mass is 32.2. The maximum absolute atomic E-state index is 12.5. The first kappa shape index (κ1) is 21.0. The first-order chi connectivity index (χ1) is 14.2. The van der Waals surface area contributed by atoms with Crippen LogP contribution in [0.25, 0.3) is 0 Å². The molecule has 30 heavy (non-hydrogen) atoms. The van der Waals surface area contributed by atoms with E-state index in [2.05, 4.69) is 10.0 Å². The molecule has 0 aromatic heterocycles. The lowest BCUT2D eigenvalue weighted by Gasteiger charge is -2.10. The summed E-state index contributed by atoms with van der Waals surface area (Å²) in [5.41, 5.74) is 2.34. The number of hydrogen-bond acceptors (Lipinski definition) is 5. The minimum atomic E-state index is -3.77. The van der Waals surface area contributed by atoms with E-state index in [4.69, 9.17) is 0 Å². The molecule has 154 valence electrons. The Bertz CT molecular complexity index is 1220. The fraction of sp³-hybridized carbons (Fsp3) is 0.0952. The van der Waals surface area contributed by atoms with Gasteiger partial charge in [-0.1, -0.05) is 12.1 Å². The summed E-state index contributed by atoms with van der Waals surface area (Å²) in [5.74, 6) is -0.457. The van der Waals surface area contributed by atoms with E-state index in [0.29, 0.717) is 16.9 Å². The van der Waals surface area contributed by atoms with Crippen molar-refractivity contribution < 1.29 is 18.1 Å². The van der Waals surface area contributed by atoms with Gasteiger partial charge in [-0.15, -0.1) is 0 Å². The molecule has 0 atom stereocenters. The molecule has 8 nitrogen and oxygen atoms in total. The highest BCUT2D eigenvalue weighted by Crippen LogP contribution is 2.21. The van der Waals surface area contributed by atoms with Gasteiger partial charge >= 0.3 is 0 Å². The van der Waals surface area contributed by atoms with Crippen molar-refractivity contribution in [2.75, 3.05) is 10.0 Å². The normalized spacial score (nSPS) is 11.0. The Balaban J connectivity index is 1.73. The minimum absolute atomic E-state index is 0.0492. The molecule has 9 heteroatoms. The van der Waals surface area contributed by atoms with Crippen molar-refractivity contribution in [1.82, 2.24) is 0 Å². The molecule has 0 aliphatic rings. The molecule has 0 radical (unpaired) electrons. The first-order valence-electron chi connectivity index (χ1n) is 8.92. The lowest BCUT2D eigenvalue weighted by Crippen LogP contribution is -2.14. The SMILES string of the molecule is Cc1cccc(NS(=O)(=O)c2ccc(NC(=O)c3ccc([N+](=O)[O-])c(C)c3)cc2)c1. The van der Waals surface area contributed by atoms with E-state index in [-0.39, 0.29) is 16.1 Å². The van der Waals surface area contributed by atoms with Crippen molar-refractivity contribution in [2.45, 2.75) is 18.7 Å². The molecule has 0 bridgehead atoms. The maximum atomic E-state index is 12.5. The second-order valence-corrected chi connectivity index (χ2v) is 8.39. The van der Waals surface area contributed by atoms with Gasteiger partial charge in [-0.25, -0.2) is 8.42 Å². The number of nitro groups is 1. The Labute approximate surface area is 173 Å². The van der Waals surface area contributed by atoms with Gasteiger partial charge in [0.15, 0.2) is 0 Å². The topological polar surface area (TPSA) is 118 Å². The average Bonchev–Trinajstić information content (AvgIpc) is 2.67. The lowest BCUT2D eigenvalue weighted by molar-refractivity contribution is -0.385. The number of carbonyl (C=O) groups excluding carboxylic acids is 1.